The van der Waals surface area contributed by atoms with Gasteiger partial charge in [-0.3, -0.25) is 4.90 Å². The Hall–Kier alpha value is -1.02. The van der Waals surface area contributed by atoms with Crippen molar-refractivity contribution in [2.45, 2.75) is 60.4 Å². The van der Waals surface area contributed by atoms with E-state index in [-0.39, 0.29) is 44.4 Å². The molecule has 1 aliphatic carbocycles. The molecule has 0 amide bonds. The second-order valence-electron chi connectivity index (χ2n) is 7.88. The van der Waals surface area contributed by atoms with Gasteiger partial charge in [0, 0.05) is 17.4 Å². The van der Waals surface area contributed by atoms with Crippen molar-refractivity contribution in [3.05, 3.63) is 67.6 Å². The second kappa shape index (κ2) is 7.67. The van der Waals surface area contributed by atoms with Crippen molar-refractivity contribution in [1.82, 2.24) is 4.90 Å². The Morgan fingerprint density at radius 2 is 1.82 bits per heavy atom. The summed E-state index contributed by atoms with van der Waals surface area (Å²) in [5.74, 6) is -4.18. The lowest BCUT2D eigenvalue weighted by atomic mass is 9.57. The van der Waals surface area contributed by atoms with E-state index in [4.69, 9.17) is 31.4 Å². The Morgan fingerprint density at radius 1 is 1.18 bits per heavy atom. The summed E-state index contributed by atoms with van der Waals surface area (Å²) in [6.07, 6.45) is 0. The molecule has 28 heavy (non-hydrogen) atoms. The highest BCUT2D eigenvalue weighted by molar-refractivity contribution is 6.42. The molecule has 3 heteroatoms. The molecule has 0 aliphatic heterocycles. The van der Waals surface area contributed by atoms with Gasteiger partial charge in [-0.15, -0.1) is 0 Å². The van der Waals surface area contributed by atoms with Gasteiger partial charge in [-0.05, 0) is 85.0 Å². The molecule has 3 rings (SSSR count). The van der Waals surface area contributed by atoms with Crippen LogP contribution in [0.25, 0.3) is 0 Å². The van der Waals surface area contributed by atoms with E-state index in [0.29, 0.717) is 11.1 Å². The Morgan fingerprint density at radius 3 is 2.43 bits per heavy atom. The maximum Gasteiger partial charge on any atom is 0.0642 e. The first-order valence-corrected chi connectivity index (χ1v) is 10.0. The van der Waals surface area contributed by atoms with Crippen LogP contribution in [0.15, 0.2) is 24.2 Å². The number of rotatable bonds is 3. The lowest BCUT2D eigenvalue weighted by Gasteiger charge is -2.53. The SMILES string of the molecule is [2H]c1c([2H])c(C)c2c(c1[2H])[C@]([2H])(c1c([2H])c(Cl)c(Cl)c(C)c1C)C([2H])(C)C(C)(C)[C@]2([2H])N(C)C([2H])([2H])C. The third kappa shape index (κ3) is 3.20. The first kappa shape index (κ1) is 12.6. The number of nitrogens with zero attached hydrogens (tertiary/aromatic N) is 1. The Kier molecular flexibility index (Phi) is 3.46. The number of halogens is 2. The largest absolute Gasteiger partial charge is 0.299 e. The molecule has 3 atom stereocenters. The predicted molar refractivity (Wildman–Crippen MR) is 123 cm³/mol. The first-order valence-electron chi connectivity index (χ1n) is 13.8. The summed E-state index contributed by atoms with van der Waals surface area (Å²) in [6.45, 7) is 8.78. The molecule has 152 valence electrons. The molecule has 1 aliphatic rings. The van der Waals surface area contributed by atoms with Gasteiger partial charge >= 0.3 is 0 Å². The normalized spacial score (nSPS) is 36.8. The zero-order chi connectivity index (χ0) is 29.0. The molecule has 1 nitrogen and oxygen atoms in total. The highest BCUT2D eigenvalue weighted by Gasteiger charge is 2.48. The van der Waals surface area contributed by atoms with Crippen LogP contribution in [-0.4, -0.2) is 18.4 Å². The smallest absolute Gasteiger partial charge is 0.0642 e. The van der Waals surface area contributed by atoms with Crippen molar-refractivity contribution in [2.75, 3.05) is 13.5 Å². The molecule has 0 heterocycles. The Labute approximate surface area is 193 Å². The Balaban J connectivity index is 2.78. The fraction of sp³-hybridized carbons (Fsp3) is 0.520. The number of benzene rings is 2. The molecule has 0 radical (unpaired) electrons. The van der Waals surface area contributed by atoms with Crippen LogP contribution in [0.3, 0.4) is 0 Å². The van der Waals surface area contributed by atoms with Crippen molar-refractivity contribution in [2.24, 2.45) is 11.3 Å². The maximum atomic E-state index is 10.1. The summed E-state index contributed by atoms with van der Waals surface area (Å²) >= 11 is 12.8. The lowest BCUT2D eigenvalue weighted by molar-refractivity contribution is 0.0444. The molecule has 0 bridgehead atoms. The van der Waals surface area contributed by atoms with Gasteiger partial charge in [-0.1, -0.05) is 69.0 Å². The van der Waals surface area contributed by atoms with Gasteiger partial charge in [-0.25, -0.2) is 0 Å². The standard InChI is InChI=1S/C25H33Cl2N/c1-9-28(8)24-21-14(2)11-10-12-18(21)22(17(5)25(24,6)7)19-13-20(26)23(27)16(4)15(19)3/h10-13,17,22,24H,9H2,1-8H3/t17?,22-,24-/m1/s1/i9D2,10D,11D,12D,13D,17D,22D,24D. The minimum absolute atomic E-state index is 0.0268. The van der Waals surface area contributed by atoms with Crippen molar-refractivity contribution in [1.29, 1.82) is 0 Å². The summed E-state index contributed by atoms with van der Waals surface area (Å²) < 4.78 is 81.5. The number of fused-ring (bicyclic) bond motifs is 1. The van der Waals surface area contributed by atoms with Gasteiger partial charge in [0.2, 0.25) is 0 Å². The number of hydrogen-bond acceptors (Lipinski definition) is 1. The molecule has 0 fully saturated rings. The van der Waals surface area contributed by atoms with E-state index in [1.165, 1.54) is 27.8 Å². The maximum absolute atomic E-state index is 10.1. The first-order chi connectivity index (χ1) is 16.5. The third-order valence-electron chi connectivity index (χ3n) is 6.07. The van der Waals surface area contributed by atoms with Crippen LogP contribution in [-0.2, 0) is 0 Å². The summed E-state index contributed by atoms with van der Waals surface area (Å²) in [4.78, 5) is 1.16. The highest BCUT2D eigenvalue weighted by atomic mass is 35.5. The zero-order valence-corrected chi connectivity index (χ0v) is 19.2. The fourth-order valence-electron chi connectivity index (χ4n) is 4.01. The second-order valence-corrected chi connectivity index (χ2v) is 8.64. The van der Waals surface area contributed by atoms with Gasteiger partial charge in [-0.2, -0.15) is 0 Å². The molecule has 0 saturated carbocycles. The van der Waals surface area contributed by atoms with Gasteiger partial charge in [0.05, 0.1) is 16.9 Å². The monoisotopic (exact) mass is 426 g/mol. The van der Waals surface area contributed by atoms with E-state index in [1.807, 2.05) is 0 Å². The molecule has 2 aromatic rings. The molecule has 2 aromatic carbocycles. The highest BCUT2D eigenvalue weighted by Crippen LogP contribution is 2.58. The topological polar surface area (TPSA) is 3.24 Å². The molecule has 0 spiro atoms. The van der Waals surface area contributed by atoms with E-state index < -0.39 is 41.8 Å². The van der Waals surface area contributed by atoms with Crippen LogP contribution >= 0.6 is 23.2 Å². The van der Waals surface area contributed by atoms with Crippen LogP contribution in [0.4, 0.5) is 0 Å². The van der Waals surface area contributed by atoms with Gasteiger partial charge in [0.25, 0.3) is 0 Å². The van der Waals surface area contributed by atoms with E-state index in [1.54, 1.807) is 27.7 Å². The van der Waals surface area contributed by atoms with Gasteiger partial charge in [0.1, 0.15) is 0 Å². The van der Waals surface area contributed by atoms with Crippen LogP contribution < -0.4 is 0 Å². The van der Waals surface area contributed by atoms with Crippen LogP contribution in [0, 0.1) is 32.1 Å². The molecular weight excluding hydrogens is 385 g/mol. The van der Waals surface area contributed by atoms with Crippen LogP contribution in [0.5, 0.6) is 0 Å². The third-order valence-corrected chi connectivity index (χ3v) is 6.92. The molecule has 1 unspecified atom stereocenters. The van der Waals surface area contributed by atoms with Crippen molar-refractivity contribution in [3.8, 4) is 0 Å². The summed E-state index contributed by atoms with van der Waals surface area (Å²) in [7, 11) is 1.41. The van der Waals surface area contributed by atoms with E-state index in [9.17, 15) is 4.11 Å². The number of hydrogen-bond donors (Lipinski definition) is 0. The average Bonchev–Trinajstić information content (AvgIpc) is 2.79. The van der Waals surface area contributed by atoms with Crippen molar-refractivity contribution >= 4 is 23.2 Å². The predicted octanol–water partition coefficient (Wildman–Crippen LogP) is 7.72. The minimum atomic E-state index is -2.21. The van der Waals surface area contributed by atoms with E-state index in [0.717, 1.165) is 4.90 Å². The summed E-state index contributed by atoms with van der Waals surface area (Å²) in [5.41, 5.74) is -0.523. The van der Waals surface area contributed by atoms with Gasteiger partial charge < -0.3 is 0 Å². The van der Waals surface area contributed by atoms with Crippen molar-refractivity contribution < 1.29 is 12.3 Å². The fourth-order valence-corrected chi connectivity index (χ4v) is 4.44. The van der Waals surface area contributed by atoms with E-state index >= 15 is 0 Å². The Bertz CT molecular complexity index is 1290. The van der Waals surface area contributed by atoms with Gasteiger partial charge in [0.15, 0.2) is 0 Å². The summed E-state index contributed by atoms with van der Waals surface area (Å²) in [5, 5.41) is 0.0509. The van der Waals surface area contributed by atoms with Crippen LogP contribution in [0.2, 0.25) is 10.0 Å². The molecular formula is C25H33Cl2N. The zero-order valence-electron chi connectivity index (χ0n) is 26.7. The average molecular weight is 428 g/mol. The quantitative estimate of drug-likeness (QED) is 0.485. The lowest BCUT2D eigenvalue weighted by Crippen LogP contribution is -2.46. The summed E-state index contributed by atoms with van der Waals surface area (Å²) in [6, 6.07) is -3.58. The van der Waals surface area contributed by atoms with Crippen LogP contribution in [0.1, 0.15) is 85.3 Å². The molecule has 0 aromatic heterocycles. The van der Waals surface area contributed by atoms with E-state index in [2.05, 4.69) is 0 Å². The van der Waals surface area contributed by atoms with Crippen molar-refractivity contribution in [3.63, 3.8) is 0 Å². The molecule has 0 N–H and O–H groups in total. The minimum Gasteiger partial charge on any atom is -0.299 e. The molecule has 0 saturated heterocycles.